The molecule has 0 aromatic heterocycles. The SMILES string of the molecule is COc1ccc(OC)c(NC(=O)COC(=O)[C@H]2CC(=O)N(c3ccc(Oc4ccccc4OC)cc3)C2)c1. The van der Waals surface area contributed by atoms with Gasteiger partial charge in [-0.1, -0.05) is 12.1 Å². The fourth-order valence-corrected chi connectivity index (χ4v) is 3.99. The quantitative estimate of drug-likeness (QED) is 0.399. The van der Waals surface area contributed by atoms with Gasteiger partial charge in [0.2, 0.25) is 5.91 Å². The number of nitrogens with one attached hydrogen (secondary N) is 1. The summed E-state index contributed by atoms with van der Waals surface area (Å²) in [5.41, 5.74) is 1.01. The zero-order valence-electron chi connectivity index (χ0n) is 21.3. The van der Waals surface area contributed by atoms with Crippen molar-refractivity contribution in [2.24, 2.45) is 5.92 Å². The molecule has 3 aromatic carbocycles. The molecule has 3 aromatic rings. The third-order valence-electron chi connectivity index (χ3n) is 5.93. The van der Waals surface area contributed by atoms with Crippen molar-refractivity contribution in [3.8, 4) is 28.7 Å². The summed E-state index contributed by atoms with van der Waals surface area (Å²) < 4.78 is 26.8. The van der Waals surface area contributed by atoms with Gasteiger partial charge >= 0.3 is 5.97 Å². The van der Waals surface area contributed by atoms with Crippen LogP contribution in [0.2, 0.25) is 0 Å². The predicted octanol–water partition coefficient (Wildman–Crippen LogP) is 4.04. The molecule has 1 heterocycles. The molecule has 1 atom stereocenters. The van der Waals surface area contributed by atoms with E-state index in [1.165, 1.54) is 19.1 Å². The van der Waals surface area contributed by atoms with E-state index in [-0.39, 0.29) is 18.9 Å². The first kappa shape index (κ1) is 26.3. The number of anilines is 2. The second kappa shape index (κ2) is 12.0. The molecule has 1 fully saturated rings. The minimum atomic E-state index is -0.689. The van der Waals surface area contributed by atoms with Gasteiger partial charge in [0.05, 0.1) is 32.9 Å². The largest absolute Gasteiger partial charge is 0.497 e. The van der Waals surface area contributed by atoms with Crippen molar-refractivity contribution in [3.05, 3.63) is 66.7 Å². The maximum atomic E-state index is 12.6. The summed E-state index contributed by atoms with van der Waals surface area (Å²) in [7, 11) is 4.54. The van der Waals surface area contributed by atoms with Crippen molar-refractivity contribution >= 4 is 29.2 Å². The van der Waals surface area contributed by atoms with Gasteiger partial charge in [-0.05, 0) is 48.5 Å². The minimum Gasteiger partial charge on any atom is -0.497 e. The molecule has 1 aliphatic heterocycles. The average Bonchev–Trinajstić information content (AvgIpc) is 3.34. The average molecular weight is 521 g/mol. The minimum absolute atomic E-state index is 0.0103. The summed E-state index contributed by atoms with van der Waals surface area (Å²) in [4.78, 5) is 39.1. The fourth-order valence-electron chi connectivity index (χ4n) is 3.99. The van der Waals surface area contributed by atoms with E-state index in [4.69, 9.17) is 23.7 Å². The molecule has 1 aliphatic rings. The first-order chi connectivity index (χ1) is 18.4. The molecule has 0 spiro atoms. The van der Waals surface area contributed by atoms with E-state index in [1.807, 2.05) is 12.1 Å². The summed E-state index contributed by atoms with van der Waals surface area (Å²) in [5, 5.41) is 2.64. The molecule has 0 bridgehead atoms. The molecule has 198 valence electrons. The highest BCUT2D eigenvalue weighted by Crippen LogP contribution is 2.33. The monoisotopic (exact) mass is 520 g/mol. The molecule has 4 rings (SSSR count). The Bertz CT molecular complexity index is 1310. The van der Waals surface area contributed by atoms with Crippen molar-refractivity contribution in [1.29, 1.82) is 0 Å². The highest BCUT2D eigenvalue weighted by atomic mass is 16.5. The molecule has 10 heteroatoms. The van der Waals surface area contributed by atoms with Gasteiger partial charge in [-0.15, -0.1) is 0 Å². The molecular formula is C28H28N2O8. The number of methoxy groups -OCH3 is 3. The third-order valence-corrected chi connectivity index (χ3v) is 5.93. The smallest absolute Gasteiger partial charge is 0.311 e. The number of carbonyl (C=O) groups excluding carboxylic acids is 3. The van der Waals surface area contributed by atoms with Crippen LogP contribution in [0.1, 0.15) is 6.42 Å². The van der Waals surface area contributed by atoms with E-state index < -0.39 is 24.4 Å². The van der Waals surface area contributed by atoms with Gasteiger partial charge in [0.1, 0.15) is 17.2 Å². The van der Waals surface area contributed by atoms with Gasteiger partial charge in [0.25, 0.3) is 5.91 Å². The summed E-state index contributed by atoms with van der Waals surface area (Å²) in [6.07, 6.45) is -0.0103. The molecule has 1 N–H and O–H groups in total. The topological polar surface area (TPSA) is 113 Å². The van der Waals surface area contributed by atoms with Crippen LogP contribution in [0.3, 0.4) is 0 Å². The van der Waals surface area contributed by atoms with E-state index in [0.29, 0.717) is 40.1 Å². The number of amides is 2. The van der Waals surface area contributed by atoms with Crippen LogP contribution in [-0.2, 0) is 19.1 Å². The third kappa shape index (κ3) is 6.15. The van der Waals surface area contributed by atoms with Crippen LogP contribution < -0.4 is 29.2 Å². The molecule has 2 amide bonds. The Kier molecular flexibility index (Phi) is 8.32. The highest BCUT2D eigenvalue weighted by Gasteiger charge is 2.36. The lowest BCUT2D eigenvalue weighted by molar-refractivity contribution is -0.151. The lowest BCUT2D eigenvalue weighted by Crippen LogP contribution is -2.28. The number of benzene rings is 3. The molecule has 0 saturated carbocycles. The van der Waals surface area contributed by atoms with Crippen molar-refractivity contribution in [1.82, 2.24) is 0 Å². The Balaban J connectivity index is 1.31. The van der Waals surface area contributed by atoms with Crippen LogP contribution in [0.25, 0.3) is 0 Å². The Morgan fingerprint density at radius 3 is 2.24 bits per heavy atom. The normalized spacial score (nSPS) is 14.6. The Morgan fingerprint density at radius 1 is 0.868 bits per heavy atom. The zero-order chi connectivity index (χ0) is 27.1. The van der Waals surface area contributed by atoms with Gasteiger partial charge in [-0.2, -0.15) is 0 Å². The van der Waals surface area contributed by atoms with E-state index in [2.05, 4.69) is 5.32 Å². The summed E-state index contributed by atoms with van der Waals surface area (Å²) in [5.74, 6) is 0.632. The van der Waals surface area contributed by atoms with Crippen LogP contribution in [-0.4, -0.2) is 52.3 Å². The molecule has 0 radical (unpaired) electrons. The Labute approximate surface area is 220 Å². The number of ether oxygens (including phenoxy) is 5. The van der Waals surface area contributed by atoms with Crippen LogP contribution >= 0.6 is 0 Å². The second-order valence-electron chi connectivity index (χ2n) is 8.37. The van der Waals surface area contributed by atoms with Crippen LogP contribution in [0, 0.1) is 5.92 Å². The first-order valence-electron chi connectivity index (χ1n) is 11.8. The Hall–Kier alpha value is -4.73. The maximum absolute atomic E-state index is 12.6. The van der Waals surface area contributed by atoms with Gasteiger partial charge < -0.3 is 33.9 Å². The second-order valence-corrected chi connectivity index (χ2v) is 8.37. The van der Waals surface area contributed by atoms with Gasteiger partial charge in [0.15, 0.2) is 18.1 Å². The van der Waals surface area contributed by atoms with E-state index >= 15 is 0 Å². The van der Waals surface area contributed by atoms with Crippen molar-refractivity contribution in [2.75, 3.05) is 44.7 Å². The standard InChI is InChI=1S/C28H28N2O8/c1-34-21-12-13-23(35-2)22(15-21)29-26(31)17-37-28(33)18-14-27(32)30(16-18)19-8-10-20(11-9-19)38-25-7-5-4-6-24(25)36-3/h4-13,15,18H,14,16-17H2,1-3H3,(H,29,31)/t18-/m0/s1. The molecule has 0 aliphatic carbocycles. The summed E-state index contributed by atoms with van der Waals surface area (Å²) >= 11 is 0. The van der Waals surface area contributed by atoms with Crippen LogP contribution in [0.15, 0.2) is 66.7 Å². The predicted molar refractivity (Wildman–Crippen MR) is 139 cm³/mol. The van der Waals surface area contributed by atoms with Gasteiger partial charge in [-0.3, -0.25) is 14.4 Å². The Morgan fingerprint density at radius 2 is 1.55 bits per heavy atom. The first-order valence-corrected chi connectivity index (χ1v) is 11.8. The molecule has 10 nitrogen and oxygen atoms in total. The summed E-state index contributed by atoms with van der Waals surface area (Å²) in [6.45, 7) is -0.353. The fraction of sp³-hybridized carbons (Fsp3) is 0.250. The molecule has 38 heavy (non-hydrogen) atoms. The lowest BCUT2D eigenvalue weighted by Gasteiger charge is -2.17. The van der Waals surface area contributed by atoms with Crippen LogP contribution in [0.4, 0.5) is 11.4 Å². The number of hydrogen-bond acceptors (Lipinski definition) is 8. The van der Waals surface area contributed by atoms with Crippen molar-refractivity contribution in [3.63, 3.8) is 0 Å². The van der Waals surface area contributed by atoms with E-state index in [0.717, 1.165) is 0 Å². The highest BCUT2D eigenvalue weighted by molar-refractivity contribution is 6.00. The number of esters is 1. The van der Waals surface area contributed by atoms with Crippen molar-refractivity contribution in [2.45, 2.75) is 6.42 Å². The van der Waals surface area contributed by atoms with Crippen molar-refractivity contribution < 1.29 is 38.1 Å². The number of para-hydroxylation sites is 2. The zero-order valence-corrected chi connectivity index (χ0v) is 21.3. The van der Waals surface area contributed by atoms with E-state index in [9.17, 15) is 14.4 Å². The number of nitrogens with zero attached hydrogens (tertiary/aromatic N) is 1. The molecule has 0 unspecified atom stereocenters. The summed E-state index contributed by atoms with van der Waals surface area (Å²) in [6, 6.07) is 19.2. The van der Waals surface area contributed by atoms with E-state index in [1.54, 1.807) is 61.7 Å². The van der Waals surface area contributed by atoms with Crippen LogP contribution in [0.5, 0.6) is 28.7 Å². The van der Waals surface area contributed by atoms with Gasteiger partial charge in [0, 0.05) is 24.7 Å². The molecular weight excluding hydrogens is 492 g/mol. The lowest BCUT2D eigenvalue weighted by atomic mass is 10.1. The maximum Gasteiger partial charge on any atom is 0.311 e. The number of rotatable bonds is 10. The number of hydrogen-bond donors (Lipinski definition) is 1. The number of carbonyl (C=O) groups is 3. The molecule has 1 saturated heterocycles. The van der Waals surface area contributed by atoms with Gasteiger partial charge in [-0.25, -0.2) is 0 Å².